The van der Waals surface area contributed by atoms with Gasteiger partial charge in [0.25, 0.3) is 0 Å². The van der Waals surface area contributed by atoms with Gasteiger partial charge < -0.3 is 14.9 Å². The van der Waals surface area contributed by atoms with E-state index in [9.17, 15) is 14.4 Å². The minimum Gasteiger partial charge on any atom is -0.481 e. The van der Waals surface area contributed by atoms with Crippen molar-refractivity contribution in [2.24, 2.45) is 5.92 Å². The summed E-state index contributed by atoms with van der Waals surface area (Å²) < 4.78 is 0. The van der Waals surface area contributed by atoms with Crippen molar-refractivity contribution in [1.29, 1.82) is 0 Å². The molecule has 1 aliphatic heterocycles. The fourth-order valence-electron chi connectivity index (χ4n) is 3.38. The molecular formula is C22H32N2O4. The minimum absolute atomic E-state index is 0.0412. The Labute approximate surface area is 167 Å². The molecule has 1 heterocycles. The van der Waals surface area contributed by atoms with Crippen molar-refractivity contribution < 1.29 is 19.5 Å². The number of nitrogens with zero attached hydrogens (tertiary/aromatic N) is 2. The Morgan fingerprint density at radius 2 is 1.68 bits per heavy atom. The highest BCUT2D eigenvalue weighted by Crippen LogP contribution is 2.22. The molecule has 0 aromatic heterocycles. The van der Waals surface area contributed by atoms with Crippen LogP contribution in [-0.4, -0.2) is 59.4 Å². The van der Waals surface area contributed by atoms with E-state index in [0.717, 1.165) is 5.56 Å². The molecule has 154 valence electrons. The number of hydrogen-bond donors (Lipinski definition) is 1. The number of carboxylic acid groups (broad SMARTS) is 1. The largest absolute Gasteiger partial charge is 0.481 e. The summed E-state index contributed by atoms with van der Waals surface area (Å²) in [4.78, 5) is 38.9. The zero-order chi connectivity index (χ0) is 20.9. The van der Waals surface area contributed by atoms with Crippen LogP contribution in [0.1, 0.15) is 51.2 Å². The van der Waals surface area contributed by atoms with Crippen LogP contribution >= 0.6 is 0 Å². The quantitative estimate of drug-likeness (QED) is 0.813. The first-order valence-corrected chi connectivity index (χ1v) is 9.92. The van der Waals surface area contributed by atoms with E-state index in [-0.39, 0.29) is 29.7 Å². The molecule has 1 N–H and O–H groups in total. The number of carboxylic acids is 1. The molecule has 0 atom stereocenters. The molecule has 28 heavy (non-hydrogen) atoms. The number of rotatable bonds is 6. The average Bonchev–Trinajstić information content (AvgIpc) is 2.65. The van der Waals surface area contributed by atoms with Crippen molar-refractivity contribution in [2.45, 2.75) is 51.9 Å². The molecule has 1 fully saturated rings. The SMILES string of the molecule is CN(CC(=O)N1CCC(C(=O)O)CC1)C(=O)CCc1ccc(C(C)(C)C)cc1. The number of likely N-dealkylation sites (tertiary alicyclic amines) is 1. The predicted molar refractivity (Wildman–Crippen MR) is 108 cm³/mol. The van der Waals surface area contributed by atoms with Crippen LogP contribution in [0.2, 0.25) is 0 Å². The lowest BCUT2D eigenvalue weighted by Crippen LogP contribution is -2.45. The predicted octanol–water partition coefficient (Wildman–Crippen LogP) is 2.70. The second kappa shape index (κ2) is 9.22. The number of amides is 2. The summed E-state index contributed by atoms with van der Waals surface area (Å²) in [6, 6.07) is 8.33. The molecule has 0 unspecified atom stereocenters. The Morgan fingerprint density at radius 3 is 2.18 bits per heavy atom. The summed E-state index contributed by atoms with van der Waals surface area (Å²) in [7, 11) is 1.65. The molecule has 6 heteroatoms. The molecule has 2 amide bonds. The van der Waals surface area contributed by atoms with Crippen LogP contribution in [-0.2, 0) is 26.2 Å². The van der Waals surface area contributed by atoms with Gasteiger partial charge >= 0.3 is 5.97 Å². The fourth-order valence-corrected chi connectivity index (χ4v) is 3.38. The second-order valence-corrected chi connectivity index (χ2v) is 8.69. The first kappa shape index (κ1) is 21.9. The zero-order valence-electron chi connectivity index (χ0n) is 17.4. The van der Waals surface area contributed by atoms with E-state index in [4.69, 9.17) is 5.11 Å². The van der Waals surface area contributed by atoms with Gasteiger partial charge in [0, 0.05) is 26.6 Å². The molecular weight excluding hydrogens is 356 g/mol. The molecule has 1 saturated heterocycles. The molecule has 1 aromatic rings. The summed E-state index contributed by atoms with van der Waals surface area (Å²) in [5.41, 5.74) is 2.47. The Bertz CT molecular complexity index is 698. The Kier molecular flexibility index (Phi) is 7.22. The number of carbonyl (C=O) groups is 3. The third-order valence-electron chi connectivity index (χ3n) is 5.44. The lowest BCUT2D eigenvalue weighted by molar-refractivity contribution is -0.146. The Morgan fingerprint density at radius 1 is 1.11 bits per heavy atom. The van der Waals surface area contributed by atoms with Gasteiger partial charge in [-0.15, -0.1) is 0 Å². The van der Waals surface area contributed by atoms with Gasteiger partial charge in [-0.1, -0.05) is 45.0 Å². The zero-order valence-corrected chi connectivity index (χ0v) is 17.4. The molecule has 6 nitrogen and oxygen atoms in total. The minimum atomic E-state index is -0.796. The summed E-state index contributed by atoms with van der Waals surface area (Å²) in [6.45, 7) is 7.43. The molecule has 0 spiro atoms. The van der Waals surface area contributed by atoms with Gasteiger partial charge in [0.15, 0.2) is 0 Å². The van der Waals surface area contributed by atoms with Crippen molar-refractivity contribution in [1.82, 2.24) is 9.80 Å². The van der Waals surface area contributed by atoms with Crippen molar-refractivity contribution in [2.75, 3.05) is 26.7 Å². The highest BCUT2D eigenvalue weighted by atomic mass is 16.4. The number of aliphatic carboxylic acids is 1. The molecule has 0 saturated carbocycles. The lowest BCUT2D eigenvalue weighted by atomic mass is 9.86. The van der Waals surface area contributed by atoms with E-state index in [1.165, 1.54) is 10.5 Å². The summed E-state index contributed by atoms with van der Waals surface area (Å²) in [5.74, 6) is -1.34. The van der Waals surface area contributed by atoms with Gasteiger partial charge in [0.05, 0.1) is 12.5 Å². The monoisotopic (exact) mass is 388 g/mol. The number of likely N-dealkylation sites (N-methyl/N-ethyl adjacent to an activating group) is 1. The summed E-state index contributed by atoms with van der Waals surface area (Å²) in [6.07, 6.45) is 1.96. The maximum absolute atomic E-state index is 12.4. The van der Waals surface area contributed by atoms with Crippen LogP contribution in [0.4, 0.5) is 0 Å². The molecule has 0 aliphatic carbocycles. The van der Waals surface area contributed by atoms with Gasteiger partial charge in [0.2, 0.25) is 11.8 Å². The number of hydrogen-bond acceptors (Lipinski definition) is 3. The molecule has 1 aromatic carbocycles. The van der Waals surface area contributed by atoms with E-state index < -0.39 is 5.97 Å². The van der Waals surface area contributed by atoms with Crippen molar-refractivity contribution in [3.63, 3.8) is 0 Å². The van der Waals surface area contributed by atoms with Gasteiger partial charge in [-0.3, -0.25) is 14.4 Å². The van der Waals surface area contributed by atoms with E-state index in [1.807, 2.05) is 0 Å². The van der Waals surface area contributed by atoms with Crippen molar-refractivity contribution in [3.8, 4) is 0 Å². The van der Waals surface area contributed by atoms with Gasteiger partial charge in [0.1, 0.15) is 0 Å². The number of carbonyl (C=O) groups excluding carboxylic acids is 2. The first-order chi connectivity index (χ1) is 13.1. The van der Waals surface area contributed by atoms with Crippen LogP contribution < -0.4 is 0 Å². The molecule has 1 aliphatic rings. The molecule has 0 bridgehead atoms. The van der Waals surface area contributed by atoms with E-state index in [2.05, 4.69) is 45.0 Å². The summed E-state index contributed by atoms with van der Waals surface area (Å²) in [5, 5.41) is 9.03. The van der Waals surface area contributed by atoms with Crippen LogP contribution in [0.15, 0.2) is 24.3 Å². The molecule has 2 rings (SSSR count). The fraction of sp³-hybridized carbons (Fsp3) is 0.591. The van der Waals surface area contributed by atoms with Crippen LogP contribution in [0.5, 0.6) is 0 Å². The van der Waals surface area contributed by atoms with E-state index in [0.29, 0.717) is 38.8 Å². The van der Waals surface area contributed by atoms with Crippen molar-refractivity contribution in [3.05, 3.63) is 35.4 Å². The van der Waals surface area contributed by atoms with Crippen LogP contribution in [0, 0.1) is 5.92 Å². The number of aryl methyl sites for hydroxylation is 1. The maximum Gasteiger partial charge on any atom is 0.306 e. The van der Waals surface area contributed by atoms with Crippen LogP contribution in [0.3, 0.4) is 0 Å². The Hall–Kier alpha value is -2.37. The topological polar surface area (TPSA) is 77.9 Å². The highest BCUT2D eigenvalue weighted by Gasteiger charge is 2.27. The van der Waals surface area contributed by atoms with Crippen molar-refractivity contribution >= 4 is 17.8 Å². The van der Waals surface area contributed by atoms with Gasteiger partial charge in [-0.2, -0.15) is 0 Å². The molecule has 0 radical (unpaired) electrons. The average molecular weight is 389 g/mol. The van der Waals surface area contributed by atoms with E-state index in [1.54, 1.807) is 11.9 Å². The maximum atomic E-state index is 12.4. The van der Waals surface area contributed by atoms with Crippen LogP contribution in [0.25, 0.3) is 0 Å². The number of benzene rings is 1. The summed E-state index contributed by atoms with van der Waals surface area (Å²) >= 11 is 0. The van der Waals surface area contributed by atoms with E-state index >= 15 is 0 Å². The third-order valence-corrected chi connectivity index (χ3v) is 5.44. The lowest BCUT2D eigenvalue weighted by Gasteiger charge is -2.31. The second-order valence-electron chi connectivity index (χ2n) is 8.69. The highest BCUT2D eigenvalue weighted by molar-refractivity contribution is 5.85. The third kappa shape index (κ3) is 6.08. The first-order valence-electron chi connectivity index (χ1n) is 9.92. The standard InChI is InChI=1S/C22H32N2O4/c1-22(2,3)18-8-5-16(6-9-18)7-10-19(25)23(4)15-20(26)24-13-11-17(12-14-24)21(27)28/h5-6,8-9,17H,7,10-15H2,1-4H3,(H,27,28). The normalized spacial score (nSPS) is 15.4. The number of piperidine rings is 1. The smallest absolute Gasteiger partial charge is 0.306 e. The Balaban J connectivity index is 1.78. The van der Waals surface area contributed by atoms with Gasteiger partial charge in [-0.05, 0) is 35.8 Å². The van der Waals surface area contributed by atoms with Gasteiger partial charge in [-0.25, -0.2) is 0 Å².